The van der Waals surface area contributed by atoms with Crippen molar-refractivity contribution in [2.24, 2.45) is 0 Å². The molecule has 0 unspecified atom stereocenters. The lowest BCUT2D eigenvalue weighted by Crippen LogP contribution is -2.23. The van der Waals surface area contributed by atoms with Gasteiger partial charge < -0.3 is 10.6 Å². The van der Waals surface area contributed by atoms with Gasteiger partial charge in [0.1, 0.15) is 0 Å². The highest BCUT2D eigenvalue weighted by Gasteiger charge is 2.07. The van der Waals surface area contributed by atoms with E-state index in [1.165, 1.54) is 11.1 Å². The molecule has 0 fully saturated rings. The molecule has 2 amide bonds. The molecular formula is C19H22N2O2S. The summed E-state index contributed by atoms with van der Waals surface area (Å²) in [6.07, 6.45) is 0. The zero-order chi connectivity index (χ0) is 17.4. The first kappa shape index (κ1) is 18.1. The van der Waals surface area contributed by atoms with E-state index in [9.17, 15) is 9.59 Å². The van der Waals surface area contributed by atoms with Crippen molar-refractivity contribution in [3.8, 4) is 0 Å². The van der Waals surface area contributed by atoms with Gasteiger partial charge >= 0.3 is 0 Å². The van der Waals surface area contributed by atoms with Crippen LogP contribution in [0, 0.1) is 6.92 Å². The van der Waals surface area contributed by atoms with E-state index in [1.807, 2.05) is 19.1 Å². The van der Waals surface area contributed by atoms with Crippen molar-refractivity contribution in [3.05, 3.63) is 65.2 Å². The highest BCUT2D eigenvalue weighted by atomic mass is 32.2. The maximum atomic E-state index is 12.1. The van der Waals surface area contributed by atoms with E-state index in [4.69, 9.17) is 0 Å². The molecule has 0 atom stereocenters. The van der Waals surface area contributed by atoms with Gasteiger partial charge in [-0.15, -0.1) is 11.8 Å². The van der Waals surface area contributed by atoms with E-state index in [1.54, 1.807) is 36.0 Å². The summed E-state index contributed by atoms with van der Waals surface area (Å²) in [7, 11) is 0. The Labute approximate surface area is 147 Å². The number of carbonyl (C=O) groups is 2. The van der Waals surface area contributed by atoms with Crippen LogP contribution in [0.2, 0.25) is 0 Å². The van der Waals surface area contributed by atoms with Crippen molar-refractivity contribution in [1.82, 2.24) is 5.32 Å². The van der Waals surface area contributed by atoms with Crippen LogP contribution >= 0.6 is 11.8 Å². The van der Waals surface area contributed by atoms with Gasteiger partial charge in [-0.05, 0) is 43.2 Å². The highest BCUT2D eigenvalue weighted by Crippen LogP contribution is 2.17. The molecule has 0 aliphatic carbocycles. The molecule has 0 radical (unpaired) electrons. The Kier molecular flexibility index (Phi) is 6.88. The number of rotatable bonds is 7. The molecule has 0 bridgehead atoms. The number of carbonyl (C=O) groups excluding carboxylic acids is 2. The van der Waals surface area contributed by atoms with E-state index in [-0.39, 0.29) is 11.8 Å². The highest BCUT2D eigenvalue weighted by molar-refractivity contribution is 7.99. The number of amides is 2. The second-order valence-electron chi connectivity index (χ2n) is 5.41. The van der Waals surface area contributed by atoms with Crippen LogP contribution in [0.25, 0.3) is 0 Å². The molecule has 0 saturated heterocycles. The normalized spacial score (nSPS) is 10.2. The second-order valence-corrected chi connectivity index (χ2v) is 6.39. The average Bonchev–Trinajstić information content (AvgIpc) is 2.57. The van der Waals surface area contributed by atoms with Crippen molar-refractivity contribution in [1.29, 1.82) is 0 Å². The third kappa shape index (κ3) is 5.42. The molecule has 2 N–H and O–H groups in total. The molecule has 0 heterocycles. The molecule has 0 aromatic heterocycles. The minimum absolute atomic E-state index is 0.0679. The smallest absolute Gasteiger partial charge is 0.251 e. The maximum absolute atomic E-state index is 12.1. The van der Waals surface area contributed by atoms with E-state index < -0.39 is 0 Å². The molecule has 2 aromatic rings. The fourth-order valence-electron chi connectivity index (χ4n) is 2.22. The Morgan fingerprint density at radius 1 is 1.08 bits per heavy atom. The quantitative estimate of drug-likeness (QED) is 0.808. The third-order valence-electron chi connectivity index (χ3n) is 3.50. The largest absolute Gasteiger partial charge is 0.352 e. The topological polar surface area (TPSA) is 58.2 Å². The van der Waals surface area contributed by atoms with Crippen LogP contribution in [0.4, 0.5) is 5.69 Å². The Morgan fingerprint density at radius 3 is 2.62 bits per heavy atom. The number of aryl methyl sites for hydroxylation is 1. The fraction of sp³-hybridized carbons (Fsp3) is 0.263. The van der Waals surface area contributed by atoms with Crippen LogP contribution in [0.15, 0.2) is 48.5 Å². The molecule has 0 saturated carbocycles. The van der Waals surface area contributed by atoms with E-state index in [2.05, 4.69) is 29.7 Å². The summed E-state index contributed by atoms with van der Waals surface area (Å²) >= 11 is 1.58. The zero-order valence-electron chi connectivity index (χ0n) is 14.0. The van der Waals surface area contributed by atoms with Gasteiger partial charge in [0.25, 0.3) is 5.91 Å². The van der Waals surface area contributed by atoms with E-state index in [0.717, 1.165) is 5.75 Å². The Morgan fingerprint density at radius 2 is 1.88 bits per heavy atom. The summed E-state index contributed by atoms with van der Waals surface area (Å²) in [5.74, 6) is 0.975. The summed E-state index contributed by atoms with van der Waals surface area (Å²) in [4.78, 5) is 23.9. The number of nitrogens with one attached hydrogen (secondary N) is 2. The van der Waals surface area contributed by atoms with Crippen molar-refractivity contribution in [2.75, 3.05) is 17.6 Å². The fourth-order valence-corrected chi connectivity index (χ4v) is 3.13. The number of hydrogen-bond donors (Lipinski definition) is 2. The lowest BCUT2D eigenvalue weighted by atomic mass is 10.1. The monoisotopic (exact) mass is 342 g/mol. The van der Waals surface area contributed by atoms with Gasteiger partial charge in [0.05, 0.1) is 5.75 Å². The number of anilines is 1. The van der Waals surface area contributed by atoms with Gasteiger partial charge in [0.15, 0.2) is 0 Å². The molecular weight excluding hydrogens is 320 g/mol. The van der Waals surface area contributed by atoms with Crippen LogP contribution in [0.5, 0.6) is 0 Å². The molecule has 0 spiro atoms. The molecule has 0 aliphatic heterocycles. The predicted octanol–water partition coefficient (Wildman–Crippen LogP) is 3.62. The van der Waals surface area contributed by atoms with Crippen LogP contribution in [-0.2, 0) is 10.5 Å². The van der Waals surface area contributed by atoms with Gasteiger partial charge in [-0.2, -0.15) is 0 Å². The molecule has 0 aliphatic rings. The van der Waals surface area contributed by atoms with Crippen molar-refractivity contribution in [2.45, 2.75) is 19.6 Å². The first-order valence-electron chi connectivity index (χ1n) is 7.90. The summed E-state index contributed by atoms with van der Waals surface area (Å²) < 4.78 is 0. The summed E-state index contributed by atoms with van der Waals surface area (Å²) in [6.45, 7) is 4.52. The van der Waals surface area contributed by atoms with Crippen LogP contribution < -0.4 is 10.6 Å². The van der Waals surface area contributed by atoms with Crippen molar-refractivity contribution >= 4 is 29.3 Å². The van der Waals surface area contributed by atoms with E-state index >= 15 is 0 Å². The van der Waals surface area contributed by atoms with Crippen molar-refractivity contribution in [3.63, 3.8) is 0 Å². The minimum atomic E-state index is -0.137. The van der Waals surface area contributed by atoms with Crippen LogP contribution in [-0.4, -0.2) is 24.1 Å². The molecule has 2 rings (SSSR count). The maximum Gasteiger partial charge on any atom is 0.251 e. The first-order valence-corrected chi connectivity index (χ1v) is 9.06. The van der Waals surface area contributed by atoms with Crippen LogP contribution in [0.3, 0.4) is 0 Å². The lowest BCUT2D eigenvalue weighted by Gasteiger charge is -2.08. The number of thioether (sulfide) groups is 1. The van der Waals surface area contributed by atoms with Crippen molar-refractivity contribution < 1.29 is 9.59 Å². The molecule has 4 nitrogen and oxygen atoms in total. The SMILES string of the molecule is CCNC(=O)c1cccc(NC(=O)CSCc2ccccc2C)c1. The summed E-state index contributed by atoms with van der Waals surface area (Å²) in [5.41, 5.74) is 3.66. The van der Waals surface area contributed by atoms with Gasteiger partial charge in [-0.25, -0.2) is 0 Å². The van der Waals surface area contributed by atoms with Crippen LogP contribution in [0.1, 0.15) is 28.4 Å². The van der Waals surface area contributed by atoms with Gasteiger partial charge in [0, 0.05) is 23.5 Å². The third-order valence-corrected chi connectivity index (χ3v) is 4.48. The van der Waals surface area contributed by atoms with Gasteiger partial charge in [0.2, 0.25) is 5.91 Å². The zero-order valence-corrected chi connectivity index (χ0v) is 14.8. The lowest BCUT2D eigenvalue weighted by molar-refractivity contribution is -0.113. The average molecular weight is 342 g/mol. The molecule has 126 valence electrons. The van der Waals surface area contributed by atoms with Gasteiger partial charge in [-0.3, -0.25) is 9.59 Å². The van der Waals surface area contributed by atoms with Gasteiger partial charge in [-0.1, -0.05) is 30.3 Å². The number of benzene rings is 2. The standard InChI is InChI=1S/C19H22N2O2S/c1-3-20-19(23)15-9-6-10-17(11-15)21-18(22)13-24-12-16-8-5-4-7-14(16)2/h4-11H,3,12-13H2,1-2H3,(H,20,23)(H,21,22). The molecule has 5 heteroatoms. The molecule has 24 heavy (non-hydrogen) atoms. The second kappa shape index (κ2) is 9.13. The Bertz CT molecular complexity index is 716. The molecule has 2 aromatic carbocycles. The Hall–Kier alpha value is -2.27. The predicted molar refractivity (Wildman–Crippen MR) is 100 cm³/mol. The summed E-state index contributed by atoms with van der Waals surface area (Å²) in [5, 5.41) is 5.58. The van der Waals surface area contributed by atoms with E-state index in [0.29, 0.717) is 23.5 Å². The Balaban J connectivity index is 1.85. The first-order chi connectivity index (χ1) is 11.6. The number of hydrogen-bond acceptors (Lipinski definition) is 3. The minimum Gasteiger partial charge on any atom is -0.352 e. The summed E-state index contributed by atoms with van der Waals surface area (Å²) in [6, 6.07) is 15.1.